The maximum Gasteiger partial charge on any atom is 0.309 e. The molecular formula is C10H10N6O2. The maximum absolute atomic E-state index is 11.5. The van der Waals surface area contributed by atoms with Crippen LogP contribution in [0, 0.1) is 5.92 Å². The number of carbonyl (C=O) groups excluding carboxylic acids is 1. The number of carbonyl (C=O) groups is 1. The lowest BCUT2D eigenvalue weighted by Gasteiger charge is -2.03. The van der Waals surface area contributed by atoms with Crippen molar-refractivity contribution >= 4 is 5.97 Å². The molecule has 0 saturated heterocycles. The van der Waals surface area contributed by atoms with E-state index in [2.05, 4.69) is 25.5 Å². The highest BCUT2D eigenvalue weighted by molar-refractivity contribution is 5.74. The van der Waals surface area contributed by atoms with Crippen molar-refractivity contribution in [3.63, 3.8) is 0 Å². The molecule has 0 spiro atoms. The molecule has 2 aromatic heterocycles. The van der Waals surface area contributed by atoms with E-state index >= 15 is 0 Å². The SMILES string of the molecule is COC(=O)C1Cc2cnc(-n3cnnn3)nc2C1. The lowest BCUT2D eigenvalue weighted by molar-refractivity contribution is -0.145. The standard InChI is InChI=1S/C10H10N6O2/c1-18-9(17)6-2-7-4-11-10(13-8(7)3-6)16-5-12-14-15-16/h4-6H,2-3H2,1H3. The van der Waals surface area contributed by atoms with Crippen molar-refractivity contribution in [3.8, 4) is 5.95 Å². The van der Waals surface area contributed by atoms with Crippen LogP contribution in [-0.4, -0.2) is 43.3 Å². The quantitative estimate of drug-likeness (QED) is 0.649. The van der Waals surface area contributed by atoms with E-state index in [0.717, 1.165) is 11.3 Å². The molecule has 1 aliphatic carbocycles. The van der Waals surface area contributed by atoms with Gasteiger partial charge in [-0.3, -0.25) is 4.79 Å². The van der Waals surface area contributed by atoms with Gasteiger partial charge in [0.25, 0.3) is 5.95 Å². The molecule has 18 heavy (non-hydrogen) atoms. The zero-order valence-electron chi connectivity index (χ0n) is 9.65. The van der Waals surface area contributed by atoms with Gasteiger partial charge in [0.1, 0.15) is 6.33 Å². The van der Waals surface area contributed by atoms with Crippen molar-refractivity contribution < 1.29 is 9.53 Å². The lowest BCUT2D eigenvalue weighted by atomic mass is 10.1. The van der Waals surface area contributed by atoms with E-state index in [1.807, 2.05) is 0 Å². The van der Waals surface area contributed by atoms with Crippen LogP contribution in [-0.2, 0) is 22.4 Å². The first-order chi connectivity index (χ1) is 8.78. The van der Waals surface area contributed by atoms with Gasteiger partial charge in [-0.1, -0.05) is 0 Å². The Bertz CT molecular complexity index is 582. The number of tetrazole rings is 1. The van der Waals surface area contributed by atoms with Crippen LogP contribution < -0.4 is 0 Å². The Morgan fingerprint density at radius 2 is 2.39 bits per heavy atom. The molecule has 0 aromatic carbocycles. The Hall–Kier alpha value is -2.38. The molecule has 1 atom stereocenters. The van der Waals surface area contributed by atoms with E-state index in [4.69, 9.17) is 4.74 Å². The van der Waals surface area contributed by atoms with Gasteiger partial charge in [-0.25, -0.2) is 9.97 Å². The zero-order chi connectivity index (χ0) is 12.5. The van der Waals surface area contributed by atoms with Gasteiger partial charge in [-0.05, 0) is 22.4 Å². The summed E-state index contributed by atoms with van der Waals surface area (Å²) in [6, 6.07) is 0. The van der Waals surface area contributed by atoms with E-state index in [0.29, 0.717) is 18.8 Å². The number of esters is 1. The number of aromatic nitrogens is 6. The number of hydrogen-bond acceptors (Lipinski definition) is 7. The summed E-state index contributed by atoms with van der Waals surface area (Å²) >= 11 is 0. The second-order valence-corrected chi connectivity index (χ2v) is 4.02. The van der Waals surface area contributed by atoms with Crippen molar-refractivity contribution in [2.75, 3.05) is 7.11 Å². The summed E-state index contributed by atoms with van der Waals surface area (Å²) < 4.78 is 6.12. The second-order valence-electron chi connectivity index (χ2n) is 4.02. The van der Waals surface area contributed by atoms with Gasteiger partial charge in [-0.15, -0.1) is 5.10 Å². The van der Waals surface area contributed by atoms with Crippen LogP contribution in [0.2, 0.25) is 0 Å². The fourth-order valence-corrected chi connectivity index (χ4v) is 2.05. The summed E-state index contributed by atoms with van der Waals surface area (Å²) in [5, 5.41) is 10.8. The largest absolute Gasteiger partial charge is 0.469 e. The van der Waals surface area contributed by atoms with Gasteiger partial charge >= 0.3 is 5.97 Å². The van der Waals surface area contributed by atoms with E-state index in [-0.39, 0.29) is 11.9 Å². The van der Waals surface area contributed by atoms with E-state index in [9.17, 15) is 4.79 Å². The molecule has 8 nitrogen and oxygen atoms in total. The summed E-state index contributed by atoms with van der Waals surface area (Å²) in [5.41, 5.74) is 1.83. The van der Waals surface area contributed by atoms with Crippen molar-refractivity contribution in [1.82, 2.24) is 30.2 Å². The Labute approximate surface area is 102 Å². The van der Waals surface area contributed by atoms with Crippen LogP contribution in [0.1, 0.15) is 11.3 Å². The van der Waals surface area contributed by atoms with Crippen molar-refractivity contribution in [1.29, 1.82) is 0 Å². The molecular weight excluding hydrogens is 236 g/mol. The summed E-state index contributed by atoms with van der Waals surface area (Å²) in [4.78, 5) is 20.0. The monoisotopic (exact) mass is 246 g/mol. The predicted octanol–water partition coefficient (Wildman–Crippen LogP) is -0.660. The third-order valence-corrected chi connectivity index (χ3v) is 2.94. The molecule has 8 heteroatoms. The van der Waals surface area contributed by atoms with Gasteiger partial charge in [0.2, 0.25) is 0 Å². The number of nitrogens with zero attached hydrogens (tertiary/aromatic N) is 6. The number of fused-ring (bicyclic) bond motifs is 1. The molecule has 0 N–H and O–H groups in total. The van der Waals surface area contributed by atoms with Crippen LogP contribution in [0.3, 0.4) is 0 Å². The van der Waals surface area contributed by atoms with E-state index < -0.39 is 0 Å². The Balaban J connectivity index is 1.89. The average molecular weight is 246 g/mol. The van der Waals surface area contributed by atoms with Crippen LogP contribution >= 0.6 is 0 Å². The highest BCUT2D eigenvalue weighted by Crippen LogP contribution is 2.25. The minimum atomic E-state index is -0.211. The van der Waals surface area contributed by atoms with Crippen LogP contribution in [0.15, 0.2) is 12.5 Å². The molecule has 2 aromatic rings. The number of ether oxygens (including phenoxy) is 1. The van der Waals surface area contributed by atoms with E-state index in [1.54, 1.807) is 6.20 Å². The predicted molar refractivity (Wildman–Crippen MR) is 57.7 cm³/mol. The molecule has 2 heterocycles. The molecule has 0 fully saturated rings. The second kappa shape index (κ2) is 4.13. The van der Waals surface area contributed by atoms with Crippen LogP contribution in [0.4, 0.5) is 0 Å². The Kier molecular flexibility index (Phi) is 2.47. The maximum atomic E-state index is 11.5. The highest BCUT2D eigenvalue weighted by Gasteiger charge is 2.29. The number of rotatable bonds is 2. The summed E-state index contributed by atoms with van der Waals surface area (Å²) in [5.74, 6) is 0.0321. The number of methoxy groups -OCH3 is 1. The third-order valence-electron chi connectivity index (χ3n) is 2.94. The van der Waals surface area contributed by atoms with E-state index in [1.165, 1.54) is 18.1 Å². The van der Waals surface area contributed by atoms with Gasteiger partial charge in [-0.2, -0.15) is 4.68 Å². The number of hydrogen-bond donors (Lipinski definition) is 0. The van der Waals surface area contributed by atoms with Crippen molar-refractivity contribution in [2.45, 2.75) is 12.8 Å². The first kappa shape index (κ1) is 10.8. The first-order valence-electron chi connectivity index (χ1n) is 5.44. The fraction of sp³-hybridized carbons (Fsp3) is 0.400. The lowest BCUT2D eigenvalue weighted by Crippen LogP contribution is -2.16. The van der Waals surface area contributed by atoms with Gasteiger partial charge in [0.15, 0.2) is 0 Å². The summed E-state index contributed by atoms with van der Waals surface area (Å²) in [7, 11) is 1.39. The third kappa shape index (κ3) is 1.71. The average Bonchev–Trinajstić information content (AvgIpc) is 3.05. The molecule has 0 bridgehead atoms. The molecule has 0 saturated carbocycles. The molecule has 92 valence electrons. The van der Waals surface area contributed by atoms with Gasteiger partial charge < -0.3 is 4.74 Å². The molecule has 1 unspecified atom stereocenters. The normalized spacial score (nSPS) is 17.5. The molecule has 3 rings (SSSR count). The topological polar surface area (TPSA) is 95.7 Å². The van der Waals surface area contributed by atoms with Crippen LogP contribution in [0.25, 0.3) is 5.95 Å². The minimum absolute atomic E-state index is 0.163. The smallest absolute Gasteiger partial charge is 0.309 e. The Morgan fingerprint density at radius 1 is 1.50 bits per heavy atom. The minimum Gasteiger partial charge on any atom is -0.469 e. The van der Waals surface area contributed by atoms with Gasteiger partial charge in [0.05, 0.1) is 18.7 Å². The summed E-state index contributed by atoms with van der Waals surface area (Å²) in [6.45, 7) is 0. The first-order valence-corrected chi connectivity index (χ1v) is 5.44. The molecule has 0 amide bonds. The van der Waals surface area contributed by atoms with Crippen LogP contribution in [0.5, 0.6) is 0 Å². The zero-order valence-corrected chi connectivity index (χ0v) is 9.65. The van der Waals surface area contributed by atoms with Gasteiger partial charge in [0, 0.05) is 12.6 Å². The molecule has 1 aliphatic rings. The Morgan fingerprint density at radius 3 is 3.11 bits per heavy atom. The molecule has 0 radical (unpaired) electrons. The van der Waals surface area contributed by atoms with Crippen molar-refractivity contribution in [2.24, 2.45) is 5.92 Å². The fourth-order valence-electron chi connectivity index (χ4n) is 2.05. The highest BCUT2D eigenvalue weighted by atomic mass is 16.5. The van der Waals surface area contributed by atoms with Crippen molar-refractivity contribution in [3.05, 3.63) is 23.8 Å². The molecule has 0 aliphatic heterocycles. The summed E-state index contributed by atoms with van der Waals surface area (Å²) in [6.07, 6.45) is 4.33.